The van der Waals surface area contributed by atoms with Crippen molar-refractivity contribution in [2.24, 2.45) is 0 Å². The highest BCUT2D eigenvalue weighted by Gasteiger charge is 2.07. The minimum atomic E-state index is -0.298. The second kappa shape index (κ2) is 6.71. The van der Waals surface area contributed by atoms with Gasteiger partial charge in [0.25, 0.3) is 0 Å². The van der Waals surface area contributed by atoms with Gasteiger partial charge in [-0.05, 0) is 24.3 Å². The number of thiazole rings is 1. The normalized spacial score (nSPS) is 9.95. The van der Waals surface area contributed by atoms with Gasteiger partial charge in [0.15, 0.2) is 5.13 Å². The zero-order chi connectivity index (χ0) is 15.2. The molecule has 7 nitrogen and oxygen atoms in total. The maximum Gasteiger partial charge on any atom is 0.318 e. The van der Waals surface area contributed by atoms with Crippen molar-refractivity contribution in [1.82, 2.24) is 10.3 Å². The van der Waals surface area contributed by atoms with Crippen LogP contribution < -0.4 is 21.7 Å². The maximum atomic E-state index is 11.8. The molecule has 21 heavy (non-hydrogen) atoms. The molecule has 3 amide bonds. The molecule has 0 atom stereocenters. The van der Waals surface area contributed by atoms with Crippen LogP contribution in [0.15, 0.2) is 29.6 Å². The number of carbonyl (C=O) groups excluding carboxylic acids is 2. The molecule has 0 aliphatic heterocycles. The highest BCUT2D eigenvalue weighted by molar-refractivity contribution is 7.13. The zero-order valence-corrected chi connectivity index (χ0v) is 12.2. The number of nitrogens with zero attached hydrogens (tertiary/aromatic N) is 1. The molecule has 0 radical (unpaired) electrons. The van der Waals surface area contributed by atoms with E-state index >= 15 is 0 Å². The van der Waals surface area contributed by atoms with E-state index in [0.29, 0.717) is 22.2 Å². The molecule has 2 rings (SSSR count). The van der Waals surface area contributed by atoms with E-state index in [1.807, 2.05) is 0 Å². The molecule has 1 aromatic heterocycles. The highest BCUT2D eigenvalue weighted by atomic mass is 32.1. The Kier molecular flexibility index (Phi) is 4.72. The summed E-state index contributed by atoms with van der Waals surface area (Å²) in [5, 5.41) is 10.0. The predicted molar refractivity (Wildman–Crippen MR) is 83.4 cm³/mol. The predicted octanol–water partition coefficient (Wildman–Crippen LogP) is 1.66. The van der Waals surface area contributed by atoms with Crippen molar-refractivity contribution in [1.29, 1.82) is 0 Å². The van der Waals surface area contributed by atoms with Gasteiger partial charge in [-0.1, -0.05) is 0 Å². The van der Waals surface area contributed by atoms with Crippen molar-refractivity contribution in [3.8, 4) is 0 Å². The smallest absolute Gasteiger partial charge is 0.318 e. The first-order chi connectivity index (χ1) is 10.1. The third kappa shape index (κ3) is 4.46. The van der Waals surface area contributed by atoms with Crippen LogP contribution in [0.5, 0.6) is 0 Å². The third-order valence-electron chi connectivity index (χ3n) is 2.56. The fourth-order valence-corrected chi connectivity index (χ4v) is 2.17. The second-order valence-electron chi connectivity index (χ2n) is 4.18. The van der Waals surface area contributed by atoms with Crippen molar-refractivity contribution >= 4 is 39.8 Å². The lowest BCUT2D eigenvalue weighted by Gasteiger charge is -2.07. The molecule has 2 aromatic rings. The summed E-state index contributed by atoms with van der Waals surface area (Å²) in [4.78, 5) is 27.0. The number of urea groups is 1. The number of nitrogen functional groups attached to an aromatic ring is 1. The largest absolute Gasteiger partial charge is 0.375 e. The Morgan fingerprint density at radius 3 is 2.33 bits per heavy atom. The Balaban J connectivity index is 1.90. The summed E-state index contributed by atoms with van der Waals surface area (Å²) in [7, 11) is 1.54. The number of carbonyl (C=O) groups is 2. The van der Waals surface area contributed by atoms with E-state index in [9.17, 15) is 9.59 Å². The second-order valence-corrected chi connectivity index (χ2v) is 5.07. The van der Waals surface area contributed by atoms with Gasteiger partial charge in [-0.2, -0.15) is 0 Å². The summed E-state index contributed by atoms with van der Waals surface area (Å²) in [6.07, 6.45) is 0.173. The monoisotopic (exact) mass is 305 g/mol. The van der Waals surface area contributed by atoms with Gasteiger partial charge in [-0.15, -0.1) is 11.3 Å². The van der Waals surface area contributed by atoms with Crippen LogP contribution in [0.4, 0.5) is 21.3 Å². The zero-order valence-electron chi connectivity index (χ0n) is 11.3. The Morgan fingerprint density at radius 1 is 1.19 bits per heavy atom. The van der Waals surface area contributed by atoms with Gasteiger partial charge in [-0.3, -0.25) is 4.79 Å². The van der Waals surface area contributed by atoms with Crippen LogP contribution >= 0.6 is 11.3 Å². The maximum absolute atomic E-state index is 11.8. The summed E-state index contributed by atoms with van der Waals surface area (Å²) in [6.45, 7) is 0. The van der Waals surface area contributed by atoms with E-state index in [1.165, 1.54) is 18.4 Å². The summed E-state index contributed by atoms with van der Waals surface area (Å²) < 4.78 is 0. The first-order valence-corrected chi connectivity index (χ1v) is 7.03. The van der Waals surface area contributed by atoms with Gasteiger partial charge < -0.3 is 21.7 Å². The van der Waals surface area contributed by atoms with Crippen molar-refractivity contribution in [2.75, 3.05) is 23.4 Å². The molecular weight excluding hydrogens is 290 g/mol. The summed E-state index contributed by atoms with van der Waals surface area (Å²) in [5.41, 5.74) is 7.44. The van der Waals surface area contributed by atoms with Crippen LogP contribution in [0.25, 0.3) is 0 Å². The molecule has 8 heteroatoms. The van der Waals surface area contributed by atoms with Crippen molar-refractivity contribution in [3.63, 3.8) is 0 Å². The van der Waals surface area contributed by atoms with Gasteiger partial charge >= 0.3 is 6.03 Å². The van der Waals surface area contributed by atoms with Gasteiger partial charge in [0.05, 0.1) is 12.1 Å². The van der Waals surface area contributed by atoms with Gasteiger partial charge in [0.1, 0.15) is 0 Å². The molecule has 0 saturated carbocycles. The van der Waals surface area contributed by atoms with E-state index in [2.05, 4.69) is 20.9 Å². The van der Waals surface area contributed by atoms with E-state index < -0.39 is 0 Å². The van der Waals surface area contributed by atoms with E-state index in [-0.39, 0.29) is 18.4 Å². The number of nitrogens with two attached hydrogens (primary N) is 1. The van der Waals surface area contributed by atoms with E-state index in [4.69, 9.17) is 5.73 Å². The number of benzene rings is 1. The summed E-state index contributed by atoms with van der Waals surface area (Å²) in [5.74, 6) is -0.174. The van der Waals surface area contributed by atoms with Crippen molar-refractivity contribution in [3.05, 3.63) is 35.3 Å². The molecule has 0 spiro atoms. The number of aromatic nitrogens is 1. The van der Waals surface area contributed by atoms with Crippen LogP contribution in [0.2, 0.25) is 0 Å². The Hall–Kier alpha value is -2.61. The highest BCUT2D eigenvalue weighted by Crippen LogP contribution is 2.15. The Labute approximate surface area is 125 Å². The van der Waals surface area contributed by atoms with Crippen molar-refractivity contribution < 1.29 is 9.59 Å². The molecular formula is C13H15N5O2S. The number of rotatable bonds is 4. The summed E-state index contributed by atoms with van der Waals surface area (Å²) in [6, 6.07) is 6.52. The topological polar surface area (TPSA) is 109 Å². The number of nitrogens with one attached hydrogen (secondary N) is 3. The SMILES string of the molecule is CNC(=O)Nc1ccc(NC(=O)Cc2csc(N)n2)cc1. The molecule has 1 aromatic carbocycles. The van der Waals surface area contributed by atoms with Crippen LogP contribution in [0.1, 0.15) is 5.69 Å². The van der Waals surface area contributed by atoms with Crippen LogP contribution in [-0.4, -0.2) is 24.0 Å². The average Bonchev–Trinajstić information content (AvgIpc) is 2.86. The fraction of sp³-hybridized carbons (Fsp3) is 0.154. The van der Waals surface area contributed by atoms with Crippen LogP contribution in [-0.2, 0) is 11.2 Å². The standard InChI is InChI=1S/C13H15N5O2S/c1-15-13(20)18-9-4-2-8(3-5-9)16-11(19)6-10-7-21-12(14)17-10/h2-5,7H,6H2,1H3,(H2,14,17)(H,16,19)(H2,15,18,20). The van der Waals surface area contributed by atoms with Gasteiger partial charge in [0.2, 0.25) is 5.91 Å². The quantitative estimate of drug-likeness (QED) is 0.688. The number of hydrogen-bond donors (Lipinski definition) is 4. The van der Waals surface area contributed by atoms with Crippen LogP contribution in [0, 0.1) is 0 Å². The molecule has 0 aliphatic carbocycles. The average molecular weight is 305 g/mol. The lowest BCUT2D eigenvalue weighted by Crippen LogP contribution is -2.24. The number of anilines is 3. The molecule has 0 saturated heterocycles. The number of hydrogen-bond acceptors (Lipinski definition) is 5. The van der Waals surface area contributed by atoms with E-state index in [0.717, 1.165) is 0 Å². The lowest BCUT2D eigenvalue weighted by molar-refractivity contribution is -0.115. The minimum absolute atomic E-state index is 0.173. The van der Waals surface area contributed by atoms with Gasteiger partial charge in [0, 0.05) is 23.8 Å². The molecule has 0 unspecified atom stereocenters. The Bertz CT molecular complexity index is 638. The fourth-order valence-electron chi connectivity index (χ4n) is 1.60. The molecule has 0 fully saturated rings. The summed E-state index contributed by atoms with van der Waals surface area (Å²) >= 11 is 1.30. The molecule has 5 N–H and O–H groups in total. The van der Waals surface area contributed by atoms with Crippen molar-refractivity contribution in [2.45, 2.75) is 6.42 Å². The van der Waals surface area contributed by atoms with Crippen LogP contribution in [0.3, 0.4) is 0 Å². The third-order valence-corrected chi connectivity index (χ3v) is 3.29. The molecule has 110 valence electrons. The molecule has 0 bridgehead atoms. The first-order valence-electron chi connectivity index (χ1n) is 6.15. The Morgan fingerprint density at radius 2 is 1.81 bits per heavy atom. The lowest BCUT2D eigenvalue weighted by atomic mass is 10.2. The molecule has 0 aliphatic rings. The number of amides is 3. The first kappa shape index (κ1) is 14.8. The van der Waals surface area contributed by atoms with E-state index in [1.54, 1.807) is 29.6 Å². The van der Waals surface area contributed by atoms with Gasteiger partial charge in [-0.25, -0.2) is 9.78 Å². The molecule has 1 heterocycles. The minimum Gasteiger partial charge on any atom is -0.375 e.